The van der Waals surface area contributed by atoms with Gasteiger partial charge in [0.2, 0.25) is 0 Å². The Morgan fingerprint density at radius 3 is 2.50 bits per heavy atom. The van der Waals surface area contributed by atoms with Gasteiger partial charge in [0.15, 0.2) is 0 Å². The van der Waals surface area contributed by atoms with Gasteiger partial charge in [-0.2, -0.15) is 4.31 Å². The van der Waals surface area contributed by atoms with E-state index in [2.05, 4.69) is 6.58 Å². The van der Waals surface area contributed by atoms with Gasteiger partial charge in [0.05, 0.1) is 17.5 Å². The average molecular weight is 295 g/mol. The predicted molar refractivity (Wildman–Crippen MR) is 74.7 cm³/mol. The molecule has 0 aromatic heterocycles. The number of aryl methyl sites for hydroxylation is 1. The minimum Gasteiger partial charge on any atom is -0.448 e. The molecule has 2 unspecified atom stereocenters. The van der Waals surface area contributed by atoms with Gasteiger partial charge in [-0.25, -0.2) is 13.2 Å². The highest BCUT2D eigenvalue weighted by atomic mass is 32.2. The van der Waals surface area contributed by atoms with Crippen molar-refractivity contribution in [3.8, 4) is 0 Å². The number of hydrogen-bond donors (Lipinski definition) is 0. The first-order chi connectivity index (χ1) is 9.37. The molecule has 0 aliphatic carbocycles. The summed E-state index contributed by atoms with van der Waals surface area (Å²) in [6.07, 6.45) is 0.616. The fourth-order valence-electron chi connectivity index (χ4n) is 2.13. The molecule has 5 nitrogen and oxygen atoms in total. The molecule has 1 aromatic carbocycles. The molecule has 1 heterocycles. The normalized spacial score (nSPS) is 23.3. The number of carbonyl (C=O) groups is 1. The first kappa shape index (κ1) is 14.6. The summed E-state index contributed by atoms with van der Waals surface area (Å²) in [6.45, 7) is 7.49. The summed E-state index contributed by atoms with van der Waals surface area (Å²) in [4.78, 5) is 11.9. The molecule has 1 amide bonds. The lowest BCUT2D eigenvalue weighted by Crippen LogP contribution is -2.52. The Morgan fingerprint density at radius 1 is 1.35 bits per heavy atom. The van der Waals surface area contributed by atoms with E-state index in [1.54, 1.807) is 12.1 Å². The van der Waals surface area contributed by atoms with Gasteiger partial charge in [-0.3, -0.25) is 0 Å². The fourth-order valence-corrected chi connectivity index (χ4v) is 3.70. The average Bonchev–Trinajstić information content (AvgIpc) is 2.41. The van der Waals surface area contributed by atoms with Gasteiger partial charge in [0, 0.05) is 5.92 Å². The van der Waals surface area contributed by atoms with Crippen molar-refractivity contribution in [2.24, 2.45) is 5.92 Å². The highest BCUT2D eigenvalue weighted by molar-refractivity contribution is 7.89. The van der Waals surface area contributed by atoms with Crippen LogP contribution in [-0.2, 0) is 14.8 Å². The van der Waals surface area contributed by atoms with E-state index in [9.17, 15) is 13.2 Å². The Morgan fingerprint density at radius 2 is 1.95 bits per heavy atom. The molecule has 0 bridgehead atoms. The van der Waals surface area contributed by atoms with Crippen LogP contribution in [-0.4, -0.2) is 31.5 Å². The minimum atomic E-state index is -3.93. The molecule has 1 fully saturated rings. The lowest BCUT2D eigenvalue weighted by Gasteiger charge is -2.36. The van der Waals surface area contributed by atoms with Gasteiger partial charge in [-0.15, -0.1) is 6.58 Å². The van der Waals surface area contributed by atoms with Crippen LogP contribution in [0.1, 0.15) is 12.5 Å². The van der Waals surface area contributed by atoms with Gasteiger partial charge in [-0.05, 0) is 19.1 Å². The number of benzene rings is 1. The van der Waals surface area contributed by atoms with Crippen LogP contribution in [0, 0.1) is 12.8 Å². The number of nitrogens with zero attached hydrogens (tertiary/aromatic N) is 1. The number of cyclic esters (lactones) is 1. The predicted octanol–water partition coefficient (Wildman–Crippen LogP) is 2.33. The Balaban J connectivity index is 2.47. The zero-order valence-electron chi connectivity index (χ0n) is 11.4. The van der Waals surface area contributed by atoms with E-state index >= 15 is 0 Å². The van der Waals surface area contributed by atoms with Crippen molar-refractivity contribution in [3.05, 3.63) is 42.5 Å². The maximum Gasteiger partial charge on any atom is 0.424 e. The Hall–Kier alpha value is -1.82. The second-order valence-electron chi connectivity index (χ2n) is 4.89. The molecule has 20 heavy (non-hydrogen) atoms. The van der Waals surface area contributed by atoms with Crippen LogP contribution in [0.2, 0.25) is 0 Å². The van der Waals surface area contributed by atoms with Crippen molar-refractivity contribution < 1.29 is 17.9 Å². The highest BCUT2D eigenvalue weighted by Gasteiger charge is 2.41. The second-order valence-corrected chi connectivity index (χ2v) is 6.71. The number of hydrogen-bond acceptors (Lipinski definition) is 4. The van der Waals surface area contributed by atoms with Crippen LogP contribution in [0.5, 0.6) is 0 Å². The lowest BCUT2D eigenvalue weighted by atomic mass is 10.0. The standard InChI is InChI=1S/C14H17NO4S/c1-4-13-11(3)9-19-14(16)15(13)20(17,18)12-7-5-10(2)6-8-12/h4-8,11,13H,1,9H2,2-3H3. The summed E-state index contributed by atoms with van der Waals surface area (Å²) in [7, 11) is -3.93. The van der Waals surface area contributed by atoms with Crippen LogP contribution < -0.4 is 0 Å². The molecule has 1 aromatic rings. The molecule has 2 rings (SSSR count). The topological polar surface area (TPSA) is 63.7 Å². The molecule has 0 spiro atoms. The zero-order chi connectivity index (χ0) is 14.9. The van der Waals surface area contributed by atoms with E-state index < -0.39 is 22.2 Å². The molecule has 1 aliphatic heterocycles. The summed E-state index contributed by atoms with van der Waals surface area (Å²) in [5.41, 5.74) is 0.943. The van der Waals surface area contributed by atoms with Crippen LogP contribution in [0.15, 0.2) is 41.8 Å². The summed E-state index contributed by atoms with van der Waals surface area (Å²) in [5.74, 6) is -0.134. The van der Waals surface area contributed by atoms with E-state index in [0.717, 1.165) is 9.87 Å². The largest absolute Gasteiger partial charge is 0.448 e. The van der Waals surface area contributed by atoms with Gasteiger partial charge in [0.25, 0.3) is 10.0 Å². The molecule has 2 atom stereocenters. The quantitative estimate of drug-likeness (QED) is 0.803. The number of ether oxygens (including phenoxy) is 1. The van der Waals surface area contributed by atoms with Crippen LogP contribution in [0.4, 0.5) is 4.79 Å². The first-order valence-electron chi connectivity index (χ1n) is 6.28. The summed E-state index contributed by atoms with van der Waals surface area (Å²) in [6, 6.07) is 5.75. The SMILES string of the molecule is C=CC1C(C)COC(=O)N1S(=O)(=O)c1ccc(C)cc1. The van der Waals surface area contributed by atoms with Crippen molar-refractivity contribution in [3.63, 3.8) is 0 Å². The fraction of sp³-hybridized carbons (Fsp3) is 0.357. The van der Waals surface area contributed by atoms with Gasteiger partial charge >= 0.3 is 6.09 Å². The van der Waals surface area contributed by atoms with Crippen molar-refractivity contribution in [1.29, 1.82) is 0 Å². The number of amides is 1. The minimum absolute atomic E-state index is 0.0704. The lowest BCUT2D eigenvalue weighted by molar-refractivity contribution is 0.0601. The molecule has 1 saturated heterocycles. The van der Waals surface area contributed by atoms with E-state index in [1.807, 2.05) is 13.8 Å². The van der Waals surface area contributed by atoms with Crippen LogP contribution in [0.3, 0.4) is 0 Å². The van der Waals surface area contributed by atoms with E-state index in [4.69, 9.17) is 4.74 Å². The Kier molecular flexibility index (Phi) is 3.85. The van der Waals surface area contributed by atoms with Crippen molar-refractivity contribution >= 4 is 16.1 Å². The molecule has 0 N–H and O–H groups in total. The monoisotopic (exact) mass is 295 g/mol. The zero-order valence-corrected chi connectivity index (χ0v) is 12.3. The highest BCUT2D eigenvalue weighted by Crippen LogP contribution is 2.27. The number of rotatable bonds is 3. The third kappa shape index (κ3) is 2.43. The summed E-state index contributed by atoms with van der Waals surface area (Å²) in [5, 5.41) is 0. The van der Waals surface area contributed by atoms with E-state index in [0.29, 0.717) is 0 Å². The molecule has 6 heteroatoms. The van der Waals surface area contributed by atoms with E-state index in [1.165, 1.54) is 18.2 Å². The molecule has 108 valence electrons. The van der Waals surface area contributed by atoms with Crippen molar-refractivity contribution in [2.75, 3.05) is 6.61 Å². The van der Waals surface area contributed by atoms with Gasteiger partial charge in [-0.1, -0.05) is 30.7 Å². The van der Waals surface area contributed by atoms with Gasteiger partial charge in [0.1, 0.15) is 0 Å². The van der Waals surface area contributed by atoms with Crippen LogP contribution in [0.25, 0.3) is 0 Å². The summed E-state index contributed by atoms with van der Waals surface area (Å²) < 4.78 is 30.9. The smallest absolute Gasteiger partial charge is 0.424 e. The van der Waals surface area contributed by atoms with Crippen molar-refractivity contribution in [2.45, 2.75) is 24.8 Å². The Bertz CT molecular complexity index is 621. The maximum absolute atomic E-state index is 12.6. The summed E-state index contributed by atoms with van der Waals surface area (Å²) >= 11 is 0. The van der Waals surface area contributed by atoms with Gasteiger partial charge < -0.3 is 4.74 Å². The Labute approximate surface area is 118 Å². The van der Waals surface area contributed by atoms with E-state index in [-0.39, 0.29) is 17.4 Å². The molecular formula is C14H17NO4S. The second kappa shape index (κ2) is 5.28. The number of carbonyl (C=O) groups excluding carboxylic acids is 1. The molecule has 1 aliphatic rings. The molecule has 0 saturated carbocycles. The maximum atomic E-state index is 12.6. The third-order valence-electron chi connectivity index (χ3n) is 3.32. The molecule has 0 radical (unpaired) electrons. The number of sulfonamides is 1. The third-order valence-corrected chi connectivity index (χ3v) is 5.10. The van der Waals surface area contributed by atoms with Crippen molar-refractivity contribution in [1.82, 2.24) is 4.31 Å². The van der Waals surface area contributed by atoms with Crippen LogP contribution >= 0.6 is 0 Å². The molecular weight excluding hydrogens is 278 g/mol. The first-order valence-corrected chi connectivity index (χ1v) is 7.72.